The normalized spacial score (nSPS) is 22.7. The summed E-state index contributed by atoms with van der Waals surface area (Å²) in [6.45, 7) is 3.37. The van der Waals surface area contributed by atoms with Crippen molar-refractivity contribution in [3.8, 4) is 0 Å². The number of amides is 1. The summed E-state index contributed by atoms with van der Waals surface area (Å²) < 4.78 is 22.6. The molecule has 1 amide bonds. The van der Waals surface area contributed by atoms with Crippen molar-refractivity contribution in [1.29, 1.82) is 0 Å². The van der Waals surface area contributed by atoms with Crippen molar-refractivity contribution >= 4 is 21.7 Å². The molecule has 0 bridgehead atoms. The van der Waals surface area contributed by atoms with Gasteiger partial charge in [-0.15, -0.1) is 0 Å². The summed E-state index contributed by atoms with van der Waals surface area (Å²) in [5, 5.41) is 11.7. The van der Waals surface area contributed by atoms with Gasteiger partial charge in [-0.25, -0.2) is 13.2 Å². The standard InChI is InChI=1S/C11H19NO5S/c1-3-11(4-2,10(14)15)12-9(13)8-5-6-18(16,17)7-8/h8H,3-7H2,1-2H3,(H,12,13)(H,14,15). The minimum Gasteiger partial charge on any atom is -0.480 e. The maximum atomic E-state index is 11.9. The Morgan fingerprint density at radius 1 is 1.33 bits per heavy atom. The van der Waals surface area contributed by atoms with Crippen molar-refractivity contribution < 1.29 is 23.1 Å². The number of hydrogen-bond acceptors (Lipinski definition) is 4. The van der Waals surface area contributed by atoms with Crippen LogP contribution in [-0.4, -0.2) is 42.4 Å². The molecule has 1 saturated heterocycles. The molecular weight excluding hydrogens is 258 g/mol. The van der Waals surface area contributed by atoms with Gasteiger partial charge < -0.3 is 10.4 Å². The first kappa shape index (κ1) is 14.9. The third kappa shape index (κ3) is 3.01. The van der Waals surface area contributed by atoms with E-state index in [0.717, 1.165) is 0 Å². The average Bonchev–Trinajstić information content (AvgIpc) is 2.66. The highest BCUT2D eigenvalue weighted by Crippen LogP contribution is 2.22. The molecular formula is C11H19NO5S. The Balaban J connectivity index is 2.78. The third-order valence-corrected chi connectivity index (χ3v) is 5.35. The first-order chi connectivity index (χ1) is 8.26. The Kier molecular flexibility index (Phi) is 4.37. The van der Waals surface area contributed by atoms with E-state index >= 15 is 0 Å². The molecule has 1 aliphatic heterocycles. The Morgan fingerprint density at radius 2 is 1.89 bits per heavy atom. The lowest BCUT2D eigenvalue weighted by atomic mass is 9.92. The van der Waals surface area contributed by atoms with Gasteiger partial charge in [0, 0.05) is 0 Å². The van der Waals surface area contributed by atoms with Crippen LogP contribution in [0.3, 0.4) is 0 Å². The molecule has 0 aromatic carbocycles. The van der Waals surface area contributed by atoms with E-state index in [9.17, 15) is 23.1 Å². The molecule has 0 aliphatic carbocycles. The van der Waals surface area contributed by atoms with Gasteiger partial charge >= 0.3 is 5.97 Å². The number of carbonyl (C=O) groups excluding carboxylic acids is 1. The summed E-state index contributed by atoms with van der Waals surface area (Å²) in [7, 11) is -3.14. The maximum absolute atomic E-state index is 11.9. The number of carbonyl (C=O) groups is 2. The summed E-state index contributed by atoms with van der Waals surface area (Å²) in [5.41, 5.74) is -1.29. The Labute approximate surface area is 107 Å². The fraction of sp³-hybridized carbons (Fsp3) is 0.818. The van der Waals surface area contributed by atoms with Gasteiger partial charge in [0.1, 0.15) is 5.54 Å². The number of carboxylic acids is 1. The Bertz CT molecular complexity index is 438. The van der Waals surface area contributed by atoms with Gasteiger partial charge in [-0.05, 0) is 19.3 Å². The van der Waals surface area contributed by atoms with Gasteiger partial charge in [-0.2, -0.15) is 0 Å². The van der Waals surface area contributed by atoms with E-state index < -0.39 is 33.2 Å². The van der Waals surface area contributed by atoms with E-state index in [1.165, 1.54) is 0 Å². The zero-order valence-electron chi connectivity index (χ0n) is 10.6. The molecule has 1 atom stereocenters. The van der Waals surface area contributed by atoms with Crippen molar-refractivity contribution in [2.24, 2.45) is 5.92 Å². The molecule has 0 saturated carbocycles. The van der Waals surface area contributed by atoms with Crippen LogP contribution >= 0.6 is 0 Å². The summed E-state index contributed by atoms with van der Waals surface area (Å²) in [6.07, 6.45) is 0.811. The second-order valence-corrected chi connectivity index (χ2v) is 6.91. The number of rotatable bonds is 5. The Morgan fingerprint density at radius 3 is 2.22 bits per heavy atom. The fourth-order valence-corrected chi connectivity index (χ4v) is 3.86. The molecule has 0 aromatic heterocycles. The van der Waals surface area contributed by atoms with Crippen LogP contribution in [0.25, 0.3) is 0 Å². The quantitative estimate of drug-likeness (QED) is 0.746. The molecule has 2 N–H and O–H groups in total. The topological polar surface area (TPSA) is 101 Å². The summed E-state index contributed by atoms with van der Waals surface area (Å²) in [5.74, 6) is -2.35. The van der Waals surface area contributed by atoms with Crippen LogP contribution in [0.2, 0.25) is 0 Å². The van der Waals surface area contributed by atoms with Crippen molar-refractivity contribution in [2.75, 3.05) is 11.5 Å². The average molecular weight is 277 g/mol. The van der Waals surface area contributed by atoms with Crippen molar-refractivity contribution in [3.63, 3.8) is 0 Å². The van der Waals surface area contributed by atoms with E-state index in [0.29, 0.717) is 0 Å². The molecule has 1 fully saturated rings. The molecule has 1 rings (SSSR count). The van der Waals surface area contributed by atoms with E-state index in [-0.39, 0.29) is 30.8 Å². The highest BCUT2D eigenvalue weighted by Gasteiger charge is 2.40. The molecule has 104 valence electrons. The van der Waals surface area contributed by atoms with Gasteiger partial charge in [-0.1, -0.05) is 13.8 Å². The molecule has 18 heavy (non-hydrogen) atoms. The van der Waals surface area contributed by atoms with Crippen LogP contribution in [0.1, 0.15) is 33.1 Å². The highest BCUT2D eigenvalue weighted by molar-refractivity contribution is 7.91. The van der Waals surface area contributed by atoms with Gasteiger partial charge in [0.15, 0.2) is 9.84 Å². The lowest BCUT2D eigenvalue weighted by Crippen LogP contribution is -2.55. The minimum absolute atomic E-state index is 0.00338. The van der Waals surface area contributed by atoms with E-state index in [1.54, 1.807) is 13.8 Å². The van der Waals surface area contributed by atoms with Crippen LogP contribution in [0, 0.1) is 5.92 Å². The molecule has 1 heterocycles. The number of nitrogens with one attached hydrogen (secondary N) is 1. The molecule has 0 spiro atoms. The lowest BCUT2D eigenvalue weighted by Gasteiger charge is -2.29. The number of carboxylic acid groups (broad SMARTS) is 1. The lowest BCUT2D eigenvalue weighted by molar-refractivity contribution is -0.148. The molecule has 1 aliphatic rings. The molecule has 1 unspecified atom stereocenters. The van der Waals surface area contributed by atoms with Crippen molar-refractivity contribution in [3.05, 3.63) is 0 Å². The summed E-state index contributed by atoms with van der Waals surface area (Å²) in [4.78, 5) is 23.2. The second kappa shape index (κ2) is 5.26. The monoisotopic (exact) mass is 277 g/mol. The summed E-state index contributed by atoms with van der Waals surface area (Å²) in [6, 6.07) is 0. The third-order valence-electron chi connectivity index (χ3n) is 3.58. The number of hydrogen-bond donors (Lipinski definition) is 2. The van der Waals surface area contributed by atoms with E-state index in [1.807, 2.05) is 0 Å². The molecule has 0 radical (unpaired) electrons. The van der Waals surface area contributed by atoms with E-state index in [4.69, 9.17) is 0 Å². The maximum Gasteiger partial charge on any atom is 0.329 e. The van der Waals surface area contributed by atoms with Gasteiger partial charge in [0.25, 0.3) is 0 Å². The first-order valence-corrected chi connectivity index (χ1v) is 7.84. The minimum atomic E-state index is -3.14. The fourth-order valence-electron chi connectivity index (χ4n) is 2.12. The number of sulfone groups is 1. The SMILES string of the molecule is CCC(CC)(NC(=O)C1CCS(=O)(=O)C1)C(=O)O. The first-order valence-electron chi connectivity index (χ1n) is 6.02. The van der Waals surface area contributed by atoms with Gasteiger partial charge in [0.2, 0.25) is 5.91 Å². The predicted molar refractivity (Wildman–Crippen MR) is 65.9 cm³/mol. The molecule has 0 aromatic rings. The van der Waals surface area contributed by atoms with Crippen molar-refractivity contribution in [1.82, 2.24) is 5.32 Å². The number of aliphatic carboxylic acids is 1. The Hall–Kier alpha value is -1.11. The largest absolute Gasteiger partial charge is 0.480 e. The van der Waals surface area contributed by atoms with Crippen LogP contribution in [0.4, 0.5) is 0 Å². The van der Waals surface area contributed by atoms with Crippen LogP contribution in [0.5, 0.6) is 0 Å². The second-order valence-electron chi connectivity index (χ2n) is 4.68. The summed E-state index contributed by atoms with van der Waals surface area (Å²) >= 11 is 0. The smallest absolute Gasteiger partial charge is 0.329 e. The van der Waals surface area contributed by atoms with Gasteiger partial charge in [-0.3, -0.25) is 4.79 Å². The van der Waals surface area contributed by atoms with Crippen LogP contribution < -0.4 is 5.32 Å². The van der Waals surface area contributed by atoms with Gasteiger partial charge in [0.05, 0.1) is 17.4 Å². The zero-order chi connectivity index (χ0) is 14.0. The van der Waals surface area contributed by atoms with E-state index in [2.05, 4.69) is 5.32 Å². The highest BCUT2D eigenvalue weighted by atomic mass is 32.2. The molecule has 6 nitrogen and oxygen atoms in total. The van der Waals surface area contributed by atoms with Crippen LogP contribution in [0.15, 0.2) is 0 Å². The zero-order valence-corrected chi connectivity index (χ0v) is 11.4. The van der Waals surface area contributed by atoms with Crippen LogP contribution in [-0.2, 0) is 19.4 Å². The molecule has 7 heteroatoms. The van der Waals surface area contributed by atoms with Crippen molar-refractivity contribution in [2.45, 2.75) is 38.6 Å². The predicted octanol–water partition coefficient (Wildman–Crippen LogP) is 0.181.